The van der Waals surface area contributed by atoms with Crippen LogP contribution in [-0.2, 0) is 0 Å². The Kier molecular flexibility index (Phi) is 2.41. The highest BCUT2D eigenvalue weighted by Gasteiger charge is 2.38. The Labute approximate surface area is 131 Å². The van der Waals surface area contributed by atoms with Crippen molar-refractivity contribution in [3.8, 4) is 0 Å². The highest BCUT2D eigenvalue weighted by atomic mass is 14.4. The molecule has 0 aliphatic heterocycles. The van der Waals surface area contributed by atoms with E-state index in [0.717, 1.165) is 0 Å². The molecule has 2 unspecified atom stereocenters. The normalized spacial score (nSPS) is 22.4. The second-order valence-electron chi connectivity index (χ2n) is 6.43. The molecule has 0 nitrogen and oxygen atoms in total. The monoisotopic (exact) mass is 281 g/mol. The molecule has 0 amide bonds. The molecule has 2 aliphatic carbocycles. The van der Waals surface area contributed by atoms with Crippen molar-refractivity contribution >= 4 is 16.8 Å². The first-order chi connectivity index (χ1) is 10.8. The van der Waals surface area contributed by atoms with Crippen LogP contribution in [0.2, 0.25) is 0 Å². The summed E-state index contributed by atoms with van der Waals surface area (Å²) in [6, 6.07) is 22.3. The molecule has 0 heterocycles. The molecule has 0 N–H and O–H groups in total. The molecule has 5 rings (SSSR count). The Morgan fingerprint density at radius 3 is 2.36 bits per heavy atom. The van der Waals surface area contributed by atoms with Gasteiger partial charge in [0.25, 0.3) is 0 Å². The summed E-state index contributed by atoms with van der Waals surface area (Å²) in [7, 11) is 0. The molecule has 0 saturated heterocycles. The first-order valence-electron chi connectivity index (χ1n) is 8.00. The van der Waals surface area contributed by atoms with Crippen LogP contribution in [0.15, 0.2) is 66.7 Å². The Balaban J connectivity index is 1.73. The topological polar surface area (TPSA) is 0 Å². The third-order valence-corrected chi connectivity index (χ3v) is 5.34. The van der Waals surface area contributed by atoms with Gasteiger partial charge in [-0.2, -0.15) is 0 Å². The SMILES string of the molecule is CC1c2cccc3cccc(c23)C1[C]1C=Cc2ccccc21. The molecule has 22 heavy (non-hydrogen) atoms. The van der Waals surface area contributed by atoms with E-state index in [0.29, 0.717) is 11.8 Å². The smallest absolute Gasteiger partial charge is 0.0354 e. The molecular formula is C22H17. The van der Waals surface area contributed by atoms with Gasteiger partial charge >= 0.3 is 0 Å². The number of hydrogen-bond donors (Lipinski definition) is 0. The van der Waals surface area contributed by atoms with Crippen LogP contribution in [0, 0.1) is 5.92 Å². The summed E-state index contributed by atoms with van der Waals surface area (Å²) in [4.78, 5) is 0. The van der Waals surface area contributed by atoms with Gasteiger partial charge in [0.2, 0.25) is 0 Å². The molecule has 3 aromatic carbocycles. The van der Waals surface area contributed by atoms with Crippen molar-refractivity contribution in [3.05, 3.63) is 94.9 Å². The third-order valence-electron chi connectivity index (χ3n) is 5.34. The van der Waals surface area contributed by atoms with E-state index in [4.69, 9.17) is 0 Å². The van der Waals surface area contributed by atoms with Crippen molar-refractivity contribution < 1.29 is 0 Å². The number of rotatable bonds is 1. The van der Waals surface area contributed by atoms with Crippen LogP contribution in [-0.4, -0.2) is 0 Å². The fourth-order valence-electron chi connectivity index (χ4n) is 4.37. The number of benzene rings is 3. The van der Waals surface area contributed by atoms with E-state index in [1.807, 2.05) is 0 Å². The van der Waals surface area contributed by atoms with Gasteiger partial charge in [0.1, 0.15) is 0 Å². The van der Waals surface area contributed by atoms with Gasteiger partial charge in [0.15, 0.2) is 0 Å². The maximum Gasteiger partial charge on any atom is 0.0354 e. The minimum absolute atomic E-state index is 0.473. The van der Waals surface area contributed by atoms with Crippen LogP contribution >= 0.6 is 0 Å². The average molecular weight is 281 g/mol. The standard InChI is InChI=1S/C22H17/c1-14-17-10-4-7-16-8-5-11-20(22(16)17)21(14)19-13-12-15-6-2-3-9-18(15)19/h2-14,21H,1H3. The quantitative estimate of drug-likeness (QED) is 0.537. The summed E-state index contributed by atoms with van der Waals surface area (Å²) in [5.74, 6) is 2.49. The van der Waals surface area contributed by atoms with Crippen LogP contribution in [0.4, 0.5) is 0 Å². The molecule has 0 aromatic heterocycles. The summed E-state index contributed by atoms with van der Waals surface area (Å²) in [5, 5.41) is 2.85. The van der Waals surface area contributed by atoms with Gasteiger partial charge in [-0.05, 0) is 38.9 Å². The van der Waals surface area contributed by atoms with Crippen molar-refractivity contribution in [2.24, 2.45) is 0 Å². The Bertz CT molecular complexity index is 911. The number of allylic oxidation sites excluding steroid dienone is 1. The van der Waals surface area contributed by atoms with E-state index >= 15 is 0 Å². The molecule has 105 valence electrons. The molecule has 3 aromatic rings. The van der Waals surface area contributed by atoms with Crippen molar-refractivity contribution in [2.45, 2.75) is 18.8 Å². The molecule has 2 atom stereocenters. The van der Waals surface area contributed by atoms with Crippen molar-refractivity contribution in [2.75, 3.05) is 0 Å². The summed E-state index contributed by atoms with van der Waals surface area (Å²) >= 11 is 0. The van der Waals surface area contributed by atoms with E-state index in [1.54, 1.807) is 0 Å². The van der Waals surface area contributed by atoms with Gasteiger partial charge in [-0.1, -0.05) is 79.7 Å². The van der Waals surface area contributed by atoms with Crippen molar-refractivity contribution in [1.82, 2.24) is 0 Å². The lowest BCUT2D eigenvalue weighted by molar-refractivity contribution is 0.650. The second-order valence-corrected chi connectivity index (χ2v) is 6.43. The summed E-state index contributed by atoms with van der Waals surface area (Å²) in [5.41, 5.74) is 5.76. The minimum Gasteiger partial charge on any atom is -0.0715 e. The molecule has 2 aliphatic rings. The highest BCUT2D eigenvalue weighted by molar-refractivity contribution is 5.93. The van der Waals surface area contributed by atoms with Crippen LogP contribution in [0.5, 0.6) is 0 Å². The summed E-state index contributed by atoms with van der Waals surface area (Å²) < 4.78 is 0. The fourth-order valence-corrected chi connectivity index (χ4v) is 4.37. The Hall–Kier alpha value is -2.34. The number of hydrogen-bond acceptors (Lipinski definition) is 0. The third kappa shape index (κ3) is 1.47. The van der Waals surface area contributed by atoms with E-state index in [1.165, 1.54) is 38.9 Å². The highest BCUT2D eigenvalue weighted by Crippen LogP contribution is 2.54. The first kappa shape index (κ1) is 12.2. The Morgan fingerprint density at radius 2 is 1.50 bits per heavy atom. The van der Waals surface area contributed by atoms with Crippen LogP contribution < -0.4 is 0 Å². The average Bonchev–Trinajstić information content (AvgIpc) is 3.09. The lowest BCUT2D eigenvalue weighted by Gasteiger charge is -2.24. The van der Waals surface area contributed by atoms with Crippen LogP contribution in [0.3, 0.4) is 0 Å². The van der Waals surface area contributed by atoms with E-state index in [-0.39, 0.29) is 0 Å². The van der Waals surface area contributed by atoms with Gasteiger partial charge in [-0.25, -0.2) is 0 Å². The van der Waals surface area contributed by atoms with Crippen LogP contribution in [0.25, 0.3) is 16.8 Å². The van der Waals surface area contributed by atoms with E-state index < -0.39 is 0 Å². The number of fused-ring (bicyclic) bond motifs is 1. The van der Waals surface area contributed by atoms with Gasteiger partial charge < -0.3 is 0 Å². The zero-order valence-corrected chi connectivity index (χ0v) is 12.6. The molecule has 0 spiro atoms. The molecule has 0 saturated carbocycles. The largest absolute Gasteiger partial charge is 0.0715 e. The zero-order chi connectivity index (χ0) is 14.7. The minimum atomic E-state index is 0.473. The summed E-state index contributed by atoms with van der Waals surface area (Å²) in [6.07, 6.45) is 4.59. The first-order valence-corrected chi connectivity index (χ1v) is 8.00. The van der Waals surface area contributed by atoms with E-state index in [2.05, 4.69) is 79.7 Å². The fraction of sp³-hybridized carbons (Fsp3) is 0.136. The molecule has 1 radical (unpaired) electrons. The maximum atomic E-state index is 2.38. The Morgan fingerprint density at radius 1 is 0.727 bits per heavy atom. The predicted molar refractivity (Wildman–Crippen MR) is 92.9 cm³/mol. The van der Waals surface area contributed by atoms with Crippen molar-refractivity contribution in [3.63, 3.8) is 0 Å². The predicted octanol–water partition coefficient (Wildman–Crippen LogP) is 5.69. The van der Waals surface area contributed by atoms with Gasteiger partial charge in [-0.3, -0.25) is 0 Å². The van der Waals surface area contributed by atoms with Crippen LogP contribution in [0.1, 0.15) is 41.0 Å². The van der Waals surface area contributed by atoms with E-state index in [9.17, 15) is 0 Å². The van der Waals surface area contributed by atoms with Gasteiger partial charge in [0, 0.05) is 11.8 Å². The zero-order valence-electron chi connectivity index (χ0n) is 12.6. The van der Waals surface area contributed by atoms with Gasteiger partial charge in [-0.15, -0.1) is 0 Å². The molecular weight excluding hydrogens is 264 g/mol. The molecule has 0 heteroatoms. The molecule has 0 bridgehead atoms. The lowest BCUT2D eigenvalue weighted by atomic mass is 9.78. The second kappa shape index (κ2) is 4.33. The maximum absolute atomic E-state index is 2.38. The molecule has 0 fully saturated rings. The van der Waals surface area contributed by atoms with Crippen molar-refractivity contribution in [1.29, 1.82) is 0 Å². The lowest BCUT2D eigenvalue weighted by Crippen LogP contribution is -2.11. The van der Waals surface area contributed by atoms with Gasteiger partial charge in [0.05, 0.1) is 0 Å². The summed E-state index contributed by atoms with van der Waals surface area (Å²) in [6.45, 7) is 2.38.